The maximum atomic E-state index is 10.4. The van der Waals surface area contributed by atoms with Crippen molar-refractivity contribution in [3.05, 3.63) is 52.9 Å². The molecular weight excluding hydrogens is 366 g/mol. The topological polar surface area (TPSA) is 74.9 Å². The van der Waals surface area contributed by atoms with Gasteiger partial charge in [0.2, 0.25) is 0 Å². The van der Waals surface area contributed by atoms with Gasteiger partial charge in [-0.25, -0.2) is 9.50 Å². The van der Waals surface area contributed by atoms with Gasteiger partial charge in [0.25, 0.3) is 0 Å². The molecule has 2 heterocycles. The number of aliphatic hydroxyl groups is 1. The lowest BCUT2D eigenvalue weighted by atomic mass is 10.2. The normalized spacial score (nSPS) is 15.1. The van der Waals surface area contributed by atoms with Crippen LogP contribution in [-0.4, -0.2) is 39.9 Å². The molecule has 0 amide bonds. The number of fused-ring (bicyclic) bond motifs is 1. The summed E-state index contributed by atoms with van der Waals surface area (Å²) >= 11 is 6.26. The second kappa shape index (κ2) is 7.34. The van der Waals surface area contributed by atoms with Crippen LogP contribution in [-0.2, 0) is 6.54 Å². The average Bonchev–Trinajstić information content (AvgIpc) is 3.37. The van der Waals surface area contributed by atoms with Gasteiger partial charge in [-0.1, -0.05) is 23.7 Å². The Morgan fingerprint density at radius 2 is 2.11 bits per heavy atom. The third kappa shape index (κ3) is 3.85. The Labute approximate surface area is 162 Å². The third-order valence-corrected chi connectivity index (χ3v) is 4.87. The molecule has 4 rings (SSSR count). The molecule has 0 bridgehead atoms. The fourth-order valence-corrected chi connectivity index (χ4v) is 3.24. The van der Waals surface area contributed by atoms with Gasteiger partial charge in [0.1, 0.15) is 17.7 Å². The van der Waals surface area contributed by atoms with E-state index in [0.717, 1.165) is 29.8 Å². The average molecular weight is 388 g/mol. The van der Waals surface area contributed by atoms with Crippen LogP contribution in [0.25, 0.3) is 5.65 Å². The van der Waals surface area contributed by atoms with Gasteiger partial charge < -0.3 is 14.7 Å². The molecule has 1 aromatic carbocycles. The van der Waals surface area contributed by atoms with Gasteiger partial charge in [0, 0.05) is 25.7 Å². The highest BCUT2D eigenvalue weighted by atomic mass is 35.5. The molecule has 3 aromatic rings. The summed E-state index contributed by atoms with van der Waals surface area (Å²) in [7, 11) is 3.63. The summed E-state index contributed by atoms with van der Waals surface area (Å²) in [4.78, 5) is 6.54. The number of halogens is 1. The van der Waals surface area contributed by atoms with Gasteiger partial charge in [0.05, 0.1) is 19.0 Å². The van der Waals surface area contributed by atoms with Crippen molar-refractivity contribution in [3.63, 3.8) is 0 Å². The van der Waals surface area contributed by atoms with Crippen LogP contribution in [0.1, 0.15) is 30.3 Å². The van der Waals surface area contributed by atoms with Gasteiger partial charge >= 0.3 is 0 Å². The monoisotopic (exact) mass is 387 g/mol. The highest BCUT2D eigenvalue weighted by Crippen LogP contribution is 2.28. The lowest BCUT2D eigenvalue weighted by Gasteiger charge is -2.20. The molecule has 2 aromatic heterocycles. The number of methoxy groups -OCH3 is 1. The van der Waals surface area contributed by atoms with Crippen LogP contribution in [0.15, 0.2) is 36.5 Å². The summed E-state index contributed by atoms with van der Waals surface area (Å²) in [6, 6.07) is 10.1. The Morgan fingerprint density at radius 1 is 1.37 bits per heavy atom. The summed E-state index contributed by atoms with van der Waals surface area (Å²) in [5.41, 5.74) is 3.21. The van der Waals surface area contributed by atoms with E-state index in [-0.39, 0.29) is 0 Å². The first-order chi connectivity index (χ1) is 13.0. The number of nitrogens with one attached hydrogen (secondary N) is 1. The van der Waals surface area contributed by atoms with E-state index in [1.165, 1.54) is 0 Å². The Hall–Kier alpha value is -2.35. The van der Waals surface area contributed by atoms with E-state index >= 15 is 0 Å². The summed E-state index contributed by atoms with van der Waals surface area (Å²) in [6.45, 7) is 0.672. The first-order valence-corrected chi connectivity index (χ1v) is 9.25. The zero-order valence-electron chi connectivity index (χ0n) is 15.3. The number of hydrogen-bond acceptors (Lipinski definition) is 6. The smallest absolute Gasteiger partial charge is 0.177 e. The number of nitrogens with zero attached hydrogens (tertiary/aromatic N) is 4. The molecule has 142 valence electrons. The summed E-state index contributed by atoms with van der Waals surface area (Å²) in [5, 5.41) is 18.3. The van der Waals surface area contributed by atoms with Crippen LogP contribution in [0.4, 0.5) is 5.69 Å². The molecule has 0 saturated heterocycles. The van der Waals surface area contributed by atoms with Crippen molar-refractivity contribution in [3.8, 4) is 5.75 Å². The maximum Gasteiger partial charge on any atom is 0.177 e. The summed E-state index contributed by atoms with van der Waals surface area (Å²) in [5.74, 6) is 0.825. The molecule has 1 aliphatic carbocycles. The molecule has 1 aliphatic rings. The van der Waals surface area contributed by atoms with E-state index in [1.807, 2.05) is 31.3 Å². The molecule has 0 spiro atoms. The van der Waals surface area contributed by atoms with Crippen molar-refractivity contribution in [2.24, 2.45) is 0 Å². The van der Waals surface area contributed by atoms with Crippen molar-refractivity contribution in [1.29, 1.82) is 0 Å². The van der Waals surface area contributed by atoms with E-state index < -0.39 is 6.23 Å². The van der Waals surface area contributed by atoms with Crippen molar-refractivity contribution in [1.82, 2.24) is 19.9 Å². The Balaban J connectivity index is 1.62. The molecule has 27 heavy (non-hydrogen) atoms. The van der Waals surface area contributed by atoms with Gasteiger partial charge in [-0.05, 0) is 30.5 Å². The van der Waals surface area contributed by atoms with Crippen LogP contribution < -0.4 is 15.0 Å². The highest BCUT2D eigenvalue weighted by molar-refractivity contribution is 6.29. The standard InChI is InChI=1S/C19H22ClN5O2/c1-24(11-12-3-7-14(27-2)8-4-12)15-9-17(20)23-25-16(10-21-18(15)25)19(26)22-13-5-6-13/h3-4,7-10,13,19,22,26H,5-6,11H2,1-2H3. The van der Waals surface area contributed by atoms with E-state index in [1.54, 1.807) is 23.9 Å². The Morgan fingerprint density at radius 3 is 2.78 bits per heavy atom. The number of rotatable bonds is 7. The number of hydrogen-bond donors (Lipinski definition) is 2. The number of aromatic nitrogens is 3. The minimum absolute atomic E-state index is 0.344. The molecule has 0 aliphatic heterocycles. The second-order valence-corrected chi connectivity index (χ2v) is 7.21. The van der Waals surface area contributed by atoms with Gasteiger partial charge in [0.15, 0.2) is 10.8 Å². The van der Waals surface area contributed by atoms with Crippen molar-refractivity contribution in [2.45, 2.75) is 31.7 Å². The molecule has 1 unspecified atom stereocenters. The molecule has 8 heteroatoms. The van der Waals surface area contributed by atoms with Crippen LogP contribution >= 0.6 is 11.6 Å². The third-order valence-electron chi connectivity index (χ3n) is 4.69. The molecular formula is C19H22ClN5O2. The van der Waals surface area contributed by atoms with E-state index in [0.29, 0.717) is 29.1 Å². The maximum absolute atomic E-state index is 10.4. The number of imidazole rings is 1. The fraction of sp³-hybridized carbons (Fsp3) is 0.368. The number of ether oxygens (including phenoxy) is 1. The van der Waals surface area contributed by atoms with E-state index in [2.05, 4.69) is 20.3 Å². The van der Waals surface area contributed by atoms with Crippen molar-refractivity contribution >= 4 is 22.9 Å². The largest absolute Gasteiger partial charge is 0.497 e. The lowest BCUT2D eigenvalue weighted by molar-refractivity contribution is 0.130. The predicted octanol–water partition coefficient (Wildman–Crippen LogP) is 2.77. The lowest BCUT2D eigenvalue weighted by Crippen LogP contribution is -2.24. The van der Waals surface area contributed by atoms with Gasteiger partial charge in [-0.15, -0.1) is 0 Å². The molecule has 7 nitrogen and oxygen atoms in total. The number of benzene rings is 1. The van der Waals surface area contributed by atoms with Crippen LogP contribution in [0, 0.1) is 0 Å². The Bertz CT molecular complexity index is 939. The van der Waals surface area contributed by atoms with Crippen LogP contribution in [0.2, 0.25) is 5.15 Å². The predicted molar refractivity (Wildman–Crippen MR) is 104 cm³/mol. The second-order valence-electron chi connectivity index (χ2n) is 6.82. The van der Waals surface area contributed by atoms with E-state index in [4.69, 9.17) is 16.3 Å². The minimum atomic E-state index is -0.821. The molecule has 1 saturated carbocycles. The Kier molecular flexibility index (Phi) is 4.90. The molecule has 0 radical (unpaired) electrons. The SMILES string of the molecule is COc1ccc(CN(C)c2cc(Cl)nn3c(C(O)NC4CC4)cnc23)cc1. The number of anilines is 1. The van der Waals surface area contributed by atoms with Crippen molar-refractivity contribution < 1.29 is 9.84 Å². The molecule has 1 fully saturated rings. The van der Waals surface area contributed by atoms with Crippen LogP contribution in [0.5, 0.6) is 5.75 Å². The van der Waals surface area contributed by atoms with Crippen LogP contribution in [0.3, 0.4) is 0 Å². The van der Waals surface area contributed by atoms with E-state index in [9.17, 15) is 5.11 Å². The fourth-order valence-electron chi connectivity index (χ4n) is 3.06. The quantitative estimate of drug-likeness (QED) is 0.607. The zero-order chi connectivity index (χ0) is 19.0. The summed E-state index contributed by atoms with van der Waals surface area (Å²) in [6.07, 6.45) is 2.98. The van der Waals surface area contributed by atoms with Gasteiger partial charge in [-0.2, -0.15) is 5.10 Å². The first kappa shape index (κ1) is 18.0. The molecule has 1 atom stereocenters. The zero-order valence-corrected chi connectivity index (χ0v) is 16.0. The van der Waals surface area contributed by atoms with Gasteiger partial charge in [-0.3, -0.25) is 5.32 Å². The molecule has 2 N–H and O–H groups in total. The number of aliphatic hydroxyl groups excluding tert-OH is 1. The van der Waals surface area contributed by atoms with Crippen molar-refractivity contribution in [2.75, 3.05) is 19.1 Å². The first-order valence-electron chi connectivity index (χ1n) is 8.87. The summed E-state index contributed by atoms with van der Waals surface area (Å²) < 4.78 is 6.82. The minimum Gasteiger partial charge on any atom is -0.497 e. The highest BCUT2D eigenvalue weighted by Gasteiger charge is 2.26.